The van der Waals surface area contributed by atoms with Crippen LogP contribution in [0.2, 0.25) is 0 Å². The third-order valence-electron chi connectivity index (χ3n) is 6.10. The van der Waals surface area contributed by atoms with Crippen LogP contribution in [-0.4, -0.2) is 58.7 Å². The summed E-state index contributed by atoms with van der Waals surface area (Å²) in [6, 6.07) is 18.1. The number of piperazine rings is 1. The number of carbonyl (C=O) groups is 3. The summed E-state index contributed by atoms with van der Waals surface area (Å²) in [6.45, 7) is 3.01. The van der Waals surface area contributed by atoms with Gasteiger partial charge in [-0.1, -0.05) is 24.3 Å². The van der Waals surface area contributed by atoms with E-state index >= 15 is 0 Å². The van der Waals surface area contributed by atoms with Crippen molar-refractivity contribution in [3.63, 3.8) is 0 Å². The Kier molecular flexibility index (Phi) is 5.56. The Morgan fingerprint density at radius 1 is 0.697 bits per heavy atom. The molecule has 0 bridgehead atoms. The van der Waals surface area contributed by atoms with Gasteiger partial charge in [0.1, 0.15) is 0 Å². The van der Waals surface area contributed by atoms with Crippen molar-refractivity contribution in [2.45, 2.75) is 13.1 Å². The highest BCUT2D eigenvalue weighted by molar-refractivity contribution is 5.96. The molecule has 2 aliphatic rings. The predicted molar refractivity (Wildman–Crippen MR) is 122 cm³/mol. The fourth-order valence-electron chi connectivity index (χ4n) is 4.23. The standard InChI is InChI=1S/C25H24N4O4/c30-23(27-11-13-28(14-12-27)24(31)22-6-3-15-33-22)18-7-9-21(10-8-18)26-25(32)29-16-19-4-1-2-5-20(19)17-29/h1-10,15H,11-14,16-17H2,(H,26,32). The van der Waals surface area contributed by atoms with Crippen LogP contribution in [0.1, 0.15) is 32.0 Å². The van der Waals surface area contributed by atoms with Gasteiger partial charge in [-0.2, -0.15) is 0 Å². The zero-order chi connectivity index (χ0) is 22.8. The molecule has 0 radical (unpaired) electrons. The Balaban J connectivity index is 1.14. The third-order valence-corrected chi connectivity index (χ3v) is 6.10. The van der Waals surface area contributed by atoms with Crippen molar-refractivity contribution < 1.29 is 18.8 Å². The summed E-state index contributed by atoms with van der Waals surface area (Å²) in [6.07, 6.45) is 1.48. The quantitative estimate of drug-likeness (QED) is 0.671. The molecule has 0 spiro atoms. The molecule has 5 rings (SSSR count). The fraction of sp³-hybridized carbons (Fsp3) is 0.240. The molecule has 4 amide bonds. The monoisotopic (exact) mass is 444 g/mol. The van der Waals surface area contributed by atoms with Crippen LogP contribution in [0.4, 0.5) is 10.5 Å². The summed E-state index contributed by atoms with van der Waals surface area (Å²) in [4.78, 5) is 43.1. The van der Waals surface area contributed by atoms with Gasteiger partial charge in [0.05, 0.1) is 6.26 Å². The minimum Gasteiger partial charge on any atom is -0.459 e. The first-order valence-electron chi connectivity index (χ1n) is 10.9. The van der Waals surface area contributed by atoms with Crippen molar-refractivity contribution >= 4 is 23.5 Å². The van der Waals surface area contributed by atoms with E-state index in [1.807, 2.05) is 24.3 Å². The molecule has 8 heteroatoms. The van der Waals surface area contributed by atoms with Crippen LogP contribution in [0, 0.1) is 0 Å². The van der Waals surface area contributed by atoms with E-state index in [1.165, 1.54) is 17.4 Å². The number of urea groups is 1. The van der Waals surface area contributed by atoms with Crippen LogP contribution in [0.25, 0.3) is 0 Å². The first-order valence-corrected chi connectivity index (χ1v) is 10.9. The van der Waals surface area contributed by atoms with Gasteiger partial charge in [0.25, 0.3) is 11.8 Å². The Hall–Kier alpha value is -4.07. The molecule has 2 aliphatic heterocycles. The molecule has 168 valence electrons. The van der Waals surface area contributed by atoms with Gasteiger partial charge in [0.15, 0.2) is 5.76 Å². The van der Waals surface area contributed by atoms with Crippen LogP contribution in [-0.2, 0) is 13.1 Å². The minimum atomic E-state index is -0.164. The molecule has 0 aliphatic carbocycles. The molecule has 2 aromatic carbocycles. The van der Waals surface area contributed by atoms with E-state index in [-0.39, 0.29) is 17.8 Å². The second-order valence-electron chi connectivity index (χ2n) is 8.19. The van der Waals surface area contributed by atoms with Crippen LogP contribution < -0.4 is 5.32 Å². The molecule has 33 heavy (non-hydrogen) atoms. The number of nitrogens with zero attached hydrogens (tertiary/aromatic N) is 3. The lowest BCUT2D eigenvalue weighted by Crippen LogP contribution is -2.50. The summed E-state index contributed by atoms with van der Waals surface area (Å²) in [7, 11) is 0. The summed E-state index contributed by atoms with van der Waals surface area (Å²) < 4.78 is 5.17. The molecule has 1 saturated heterocycles. The van der Waals surface area contributed by atoms with Crippen LogP contribution >= 0.6 is 0 Å². The highest BCUT2D eigenvalue weighted by Crippen LogP contribution is 2.23. The van der Waals surface area contributed by atoms with E-state index in [4.69, 9.17) is 4.42 Å². The second-order valence-corrected chi connectivity index (χ2v) is 8.19. The SMILES string of the molecule is O=C(Nc1ccc(C(=O)N2CCN(C(=O)c3ccco3)CC2)cc1)N1Cc2ccccc2C1. The Morgan fingerprint density at radius 2 is 1.30 bits per heavy atom. The van der Waals surface area contributed by atoms with Gasteiger partial charge in [0, 0.05) is 50.5 Å². The van der Waals surface area contributed by atoms with Crippen LogP contribution in [0.15, 0.2) is 71.3 Å². The average molecular weight is 444 g/mol. The van der Waals surface area contributed by atoms with Crippen molar-refractivity contribution in [3.8, 4) is 0 Å². The number of anilines is 1. The van der Waals surface area contributed by atoms with E-state index in [0.29, 0.717) is 56.3 Å². The summed E-state index contributed by atoms with van der Waals surface area (Å²) in [5, 5.41) is 2.91. The highest BCUT2D eigenvalue weighted by atomic mass is 16.3. The highest BCUT2D eigenvalue weighted by Gasteiger charge is 2.27. The number of rotatable bonds is 3. The van der Waals surface area contributed by atoms with Crippen molar-refractivity contribution in [1.29, 1.82) is 0 Å². The first kappa shape index (κ1) is 20.8. The van der Waals surface area contributed by atoms with Gasteiger partial charge in [-0.15, -0.1) is 0 Å². The van der Waals surface area contributed by atoms with Crippen molar-refractivity contribution in [2.75, 3.05) is 31.5 Å². The molecular weight excluding hydrogens is 420 g/mol. The molecule has 1 N–H and O–H groups in total. The fourth-order valence-corrected chi connectivity index (χ4v) is 4.23. The van der Waals surface area contributed by atoms with E-state index in [2.05, 4.69) is 5.32 Å². The largest absolute Gasteiger partial charge is 0.459 e. The van der Waals surface area contributed by atoms with Gasteiger partial charge in [0.2, 0.25) is 0 Å². The Bertz CT molecular complexity index is 1140. The van der Waals surface area contributed by atoms with Gasteiger partial charge in [-0.05, 0) is 47.5 Å². The van der Waals surface area contributed by atoms with Crippen LogP contribution in [0.3, 0.4) is 0 Å². The molecule has 0 atom stereocenters. The topological polar surface area (TPSA) is 86.1 Å². The average Bonchev–Trinajstić information content (AvgIpc) is 3.54. The summed E-state index contributed by atoms with van der Waals surface area (Å²) >= 11 is 0. The Morgan fingerprint density at radius 3 is 1.88 bits per heavy atom. The second kappa shape index (κ2) is 8.82. The number of carbonyl (C=O) groups excluding carboxylic acids is 3. The van der Waals surface area contributed by atoms with E-state index in [1.54, 1.807) is 51.1 Å². The van der Waals surface area contributed by atoms with Gasteiger partial charge in [-0.25, -0.2) is 4.79 Å². The molecule has 0 unspecified atom stereocenters. The molecule has 1 fully saturated rings. The zero-order valence-electron chi connectivity index (χ0n) is 18.1. The van der Waals surface area contributed by atoms with E-state index in [0.717, 1.165) is 0 Å². The molecule has 1 aromatic heterocycles. The number of furan rings is 1. The van der Waals surface area contributed by atoms with E-state index in [9.17, 15) is 14.4 Å². The van der Waals surface area contributed by atoms with Gasteiger partial charge >= 0.3 is 6.03 Å². The number of hydrogen-bond donors (Lipinski definition) is 1. The van der Waals surface area contributed by atoms with E-state index < -0.39 is 0 Å². The molecule has 3 aromatic rings. The molecule has 0 saturated carbocycles. The summed E-state index contributed by atoms with van der Waals surface area (Å²) in [5.41, 5.74) is 3.52. The third kappa shape index (κ3) is 4.32. The number of hydrogen-bond acceptors (Lipinski definition) is 4. The maximum atomic E-state index is 12.9. The lowest BCUT2D eigenvalue weighted by Gasteiger charge is -2.34. The zero-order valence-corrected chi connectivity index (χ0v) is 18.1. The molecule has 3 heterocycles. The van der Waals surface area contributed by atoms with Crippen molar-refractivity contribution in [3.05, 3.63) is 89.4 Å². The lowest BCUT2D eigenvalue weighted by molar-refractivity contribution is 0.0518. The van der Waals surface area contributed by atoms with Gasteiger partial charge in [-0.3, -0.25) is 9.59 Å². The summed E-state index contributed by atoms with van der Waals surface area (Å²) in [5.74, 6) is 0.0616. The molecular formula is C25H24N4O4. The normalized spacial score (nSPS) is 15.3. The number of nitrogens with one attached hydrogen (secondary N) is 1. The van der Waals surface area contributed by atoms with Crippen LogP contribution in [0.5, 0.6) is 0 Å². The first-order chi connectivity index (χ1) is 16.1. The van der Waals surface area contributed by atoms with Gasteiger partial charge < -0.3 is 24.4 Å². The smallest absolute Gasteiger partial charge is 0.322 e. The maximum Gasteiger partial charge on any atom is 0.322 e. The maximum absolute atomic E-state index is 12.9. The Labute approximate surface area is 191 Å². The number of benzene rings is 2. The van der Waals surface area contributed by atoms with Crippen molar-refractivity contribution in [1.82, 2.24) is 14.7 Å². The van der Waals surface area contributed by atoms with Crippen molar-refractivity contribution in [2.24, 2.45) is 0 Å². The molecule has 8 nitrogen and oxygen atoms in total. The number of amides is 4. The predicted octanol–water partition coefficient (Wildman–Crippen LogP) is 3.43. The minimum absolute atomic E-state index is 0.0898. The number of fused-ring (bicyclic) bond motifs is 1. The lowest BCUT2D eigenvalue weighted by atomic mass is 10.1.